The average Bonchev–Trinajstić information content (AvgIpc) is 3.15. The molecule has 6 nitrogen and oxygen atoms in total. The lowest BCUT2D eigenvalue weighted by Gasteiger charge is -2.15. The minimum Gasteiger partial charge on any atom is -0.479 e. The van der Waals surface area contributed by atoms with E-state index in [2.05, 4.69) is 10.3 Å². The maximum Gasteiger partial charge on any atom is 0.331 e. The number of aromatic nitrogens is 2. The quantitative estimate of drug-likeness (QED) is 0.748. The van der Waals surface area contributed by atoms with Crippen molar-refractivity contribution < 1.29 is 19.1 Å². The number of benzene rings is 2. The lowest BCUT2D eigenvalue weighted by atomic mass is 10.1. The fraction of sp³-hybridized carbons (Fsp3) is 0.0556. The number of carboxylic acid groups (broad SMARTS) is 1. The third kappa shape index (κ3) is 3.55. The largest absolute Gasteiger partial charge is 0.479 e. The van der Waals surface area contributed by atoms with Crippen molar-refractivity contribution in [2.45, 2.75) is 6.04 Å². The van der Waals surface area contributed by atoms with E-state index in [0.29, 0.717) is 0 Å². The van der Waals surface area contributed by atoms with Gasteiger partial charge in [-0.3, -0.25) is 4.79 Å². The molecule has 0 saturated heterocycles. The van der Waals surface area contributed by atoms with Crippen LogP contribution in [0.3, 0.4) is 0 Å². The summed E-state index contributed by atoms with van der Waals surface area (Å²) in [4.78, 5) is 27.7. The standard InChI is InChI=1S/C18H14FN3O3/c19-15-4-2-1-3-14(15)16(18(24)25)21-17(23)12-5-7-13(8-6-12)22-10-9-20-11-22/h1-11,16H,(H,21,23)(H,24,25)/t16-/m1/s1. The minimum absolute atomic E-state index is 0.0987. The number of hydrogen-bond donors (Lipinski definition) is 2. The Hall–Kier alpha value is -3.48. The van der Waals surface area contributed by atoms with Gasteiger partial charge in [0.1, 0.15) is 5.82 Å². The van der Waals surface area contributed by atoms with Gasteiger partial charge in [0, 0.05) is 29.2 Å². The Balaban J connectivity index is 1.80. The molecule has 0 bridgehead atoms. The van der Waals surface area contributed by atoms with Crippen molar-refractivity contribution >= 4 is 11.9 Å². The molecule has 126 valence electrons. The predicted octanol–water partition coefficient (Wildman–Crippen LogP) is 2.57. The van der Waals surface area contributed by atoms with Crippen molar-refractivity contribution in [3.63, 3.8) is 0 Å². The van der Waals surface area contributed by atoms with Gasteiger partial charge in [0.05, 0.1) is 6.33 Å². The third-order valence-electron chi connectivity index (χ3n) is 3.67. The summed E-state index contributed by atoms with van der Waals surface area (Å²) in [6, 6.07) is 10.5. The molecule has 2 aromatic carbocycles. The highest BCUT2D eigenvalue weighted by atomic mass is 19.1. The highest BCUT2D eigenvalue weighted by Gasteiger charge is 2.25. The molecule has 0 aliphatic heterocycles. The van der Waals surface area contributed by atoms with Gasteiger partial charge in [0.25, 0.3) is 5.91 Å². The lowest BCUT2D eigenvalue weighted by Crippen LogP contribution is -2.34. The van der Waals surface area contributed by atoms with E-state index >= 15 is 0 Å². The first kappa shape index (κ1) is 16.4. The molecular weight excluding hydrogens is 325 g/mol. The van der Waals surface area contributed by atoms with E-state index in [1.54, 1.807) is 47.6 Å². The Kier molecular flexibility index (Phi) is 4.56. The number of imidazole rings is 1. The number of halogens is 1. The van der Waals surface area contributed by atoms with Crippen molar-refractivity contribution in [1.82, 2.24) is 14.9 Å². The zero-order chi connectivity index (χ0) is 17.8. The van der Waals surface area contributed by atoms with Crippen molar-refractivity contribution in [3.05, 3.63) is 84.2 Å². The third-order valence-corrected chi connectivity index (χ3v) is 3.67. The van der Waals surface area contributed by atoms with E-state index in [4.69, 9.17) is 0 Å². The summed E-state index contributed by atoms with van der Waals surface area (Å²) in [5.41, 5.74) is 0.975. The van der Waals surface area contributed by atoms with Crippen LogP contribution in [0.2, 0.25) is 0 Å². The molecule has 0 saturated carbocycles. The van der Waals surface area contributed by atoms with Gasteiger partial charge in [0.15, 0.2) is 6.04 Å². The summed E-state index contributed by atoms with van der Waals surface area (Å²) in [5.74, 6) is -2.63. The molecule has 1 heterocycles. The van der Waals surface area contributed by atoms with Crippen molar-refractivity contribution in [2.75, 3.05) is 0 Å². The van der Waals surface area contributed by atoms with Gasteiger partial charge in [-0.15, -0.1) is 0 Å². The van der Waals surface area contributed by atoms with Crippen LogP contribution in [0, 0.1) is 5.82 Å². The van der Waals surface area contributed by atoms with Gasteiger partial charge < -0.3 is 15.0 Å². The van der Waals surface area contributed by atoms with Crippen LogP contribution in [0.15, 0.2) is 67.3 Å². The van der Waals surface area contributed by atoms with Crippen LogP contribution in [-0.2, 0) is 4.79 Å². The zero-order valence-electron chi connectivity index (χ0n) is 13.0. The van der Waals surface area contributed by atoms with E-state index < -0.39 is 23.7 Å². The molecule has 25 heavy (non-hydrogen) atoms. The summed E-state index contributed by atoms with van der Waals surface area (Å²) >= 11 is 0. The van der Waals surface area contributed by atoms with Crippen molar-refractivity contribution in [3.8, 4) is 5.69 Å². The Labute approximate surface area is 142 Å². The van der Waals surface area contributed by atoms with Crippen LogP contribution in [0.1, 0.15) is 22.0 Å². The Morgan fingerprint density at radius 1 is 1.12 bits per heavy atom. The number of nitrogens with one attached hydrogen (secondary N) is 1. The Bertz CT molecular complexity index is 892. The van der Waals surface area contributed by atoms with E-state index in [-0.39, 0.29) is 11.1 Å². The SMILES string of the molecule is O=C(N[C@@H](C(=O)O)c1ccccc1F)c1ccc(-n2ccnc2)cc1. The number of amides is 1. The summed E-state index contributed by atoms with van der Waals surface area (Å²) in [6.45, 7) is 0. The first-order chi connectivity index (χ1) is 12.1. The van der Waals surface area contributed by atoms with Gasteiger partial charge in [-0.05, 0) is 30.3 Å². The number of aliphatic carboxylic acids is 1. The average molecular weight is 339 g/mol. The second kappa shape index (κ2) is 6.96. The molecule has 3 aromatic rings. The molecule has 0 aliphatic rings. The van der Waals surface area contributed by atoms with Gasteiger partial charge in [-0.1, -0.05) is 18.2 Å². The normalized spacial score (nSPS) is 11.7. The summed E-state index contributed by atoms with van der Waals surface area (Å²) < 4.78 is 15.6. The number of carboxylic acids is 1. The molecule has 0 spiro atoms. The topological polar surface area (TPSA) is 84.2 Å². The molecule has 1 amide bonds. The summed E-state index contributed by atoms with van der Waals surface area (Å²) in [7, 11) is 0. The van der Waals surface area contributed by atoms with Crippen LogP contribution in [-0.4, -0.2) is 26.5 Å². The molecule has 0 unspecified atom stereocenters. The number of nitrogens with zero attached hydrogens (tertiary/aromatic N) is 2. The molecule has 1 atom stereocenters. The molecule has 0 aliphatic carbocycles. The molecular formula is C18H14FN3O3. The van der Waals surface area contributed by atoms with E-state index in [0.717, 1.165) is 11.8 Å². The first-order valence-electron chi connectivity index (χ1n) is 7.43. The molecule has 2 N–H and O–H groups in total. The second-order valence-corrected chi connectivity index (χ2v) is 5.28. The number of carbonyl (C=O) groups excluding carboxylic acids is 1. The number of hydrogen-bond acceptors (Lipinski definition) is 3. The monoisotopic (exact) mass is 339 g/mol. The van der Waals surface area contributed by atoms with Crippen LogP contribution in [0.4, 0.5) is 4.39 Å². The van der Waals surface area contributed by atoms with Crippen LogP contribution in [0.5, 0.6) is 0 Å². The van der Waals surface area contributed by atoms with Crippen LogP contribution >= 0.6 is 0 Å². The molecule has 3 rings (SSSR count). The van der Waals surface area contributed by atoms with Crippen LogP contribution in [0.25, 0.3) is 5.69 Å². The van der Waals surface area contributed by atoms with Crippen molar-refractivity contribution in [1.29, 1.82) is 0 Å². The summed E-state index contributed by atoms with van der Waals surface area (Å²) in [5, 5.41) is 11.7. The predicted molar refractivity (Wildman–Crippen MR) is 87.8 cm³/mol. The zero-order valence-corrected chi connectivity index (χ0v) is 13.0. The van der Waals surface area contributed by atoms with E-state index in [1.165, 1.54) is 18.2 Å². The van der Waals surface area contributed by atoms with Crippen LogP contribution < -0.4 is 5.32 Å². The fourth-order valence-electron chi connectivity index (χ4n) is 2.39. The van der Waals surface area contributed by atoms with E-state index in [9.17, 15) is 19.1 Å². The maximum absolute atomic E-state index is 13.8. The van der Waals surface area contributed by atoms with Gasteiger partial charge in [-0.2, -0.15) is 0 Å². The maximum atomic E-state index is 13.8. The second-order valence-electron chi connectivity index (χ2n) is 5.28. The highest BCUT2D eigenvalue weighted by Crippen LogP contribution is 2.18. The fourth-order valence-corrected chi connectivity index (χ4v) is 2.39. The molecule has 0 fully saturated rings. The van der Waals surface area contributed by atoms with Crippen molar-refractivity contribution in [2.24, 2.45) is 0 Å². The summed E-state index contributed by atoms with van der Waals surface area (Å²) in [6.07, 6.45) is 5.01. The minimum atomic E-state index is -1.47. The van der Waals surface area contributed by atoms with E-state index in [1.807, 2.05) is 0 Å². The first-order valence-corrected chi connectivity index (χ1v) is 7.43. The van der Waals surface area contributed by atoms with Gasteiger partial charge in [0.2, 0.25) is 0 Å². The van der Waals surface area contributed by atoms with Gasteiger partial charge in [-0.25, -0.2) is 14.2 Å². The molecule has 1 aromatic heterocycles. The molecule has 7 heteroatoms. The Morgan fingerprint density at radius 3 is 2.44 bits per heavy atom. The Morgan fingerprint density at radius 2 is 1.84 bits per heavy atom. The molecule has 0 radical (unpaired) electrons. The van der Waals surface area contributed by atoms with Gasteiger partial charge >= 0.3 is 5.97 Å². The highest BCUT2D eigenvalue weighted by molar-refractivity contribution is 5.97. The smallest absolute Gasteiger partial charge is 0.331 e. The number of rotatable bonds is 5. The number of carbonyl (C=O) groups is 2. The lowest BCUT2D eigenvalue weighted by molar-refractivity contribution is -0.139.